The molecule has 0 saturated carbocycles. The minimum atomic E-state index is -0.490. The number of carbonyl (C=O) groups is 2. The van der Waals surface area contributed by atoms with Gasteiger partial charge >= 0.3 is 5.97 Å². The molecule has 3 rings (SSSR count). The van der Waals surface area contributed by atoms with E-state index in [1.54, 1.807) is 62.8 Å². The fourth-order valence-electron chi connectivity index (χ4n) is 2.79. The van der Waals surface area contributed by atoms with Crippen molar-refractivity contribution in [3.63, 3.8) is 0 Å². The van der Waals surface area contributed by atoms with Crippen LogP contribution >= 0.6 is 0 Å². The quantitative estimate of drug-likeness (QED) is 0.219. The molecule has 0 radical (unpaired) electrons. The van der Waals surface area contributed by atoms with E-state index in [0.717, 1.165) is 11.1 Å². The summed E-state index contributed by atoms with van der Waals surface area (Å²) in [4.78, 5) is 24.4. The van der Waals surface area contributed by atoms with Gasteiger partial charge in [-0.1, -0.05) is 42.5 Å². The maximum atomic E-state index is 12.4. The van der Waals surface area contributed by atoms with Gasteiger partial charge < -0.3 is 14.2 Å². The lowest BCUT2D eigenvalue weighted by molar-refractivity contribution is -0.128. The summed E-state index contributed by atoms with van der Waals surface area (Å²) >= 11 is 0. The minimum absolute atomic E-state index is 0.170. The molecule has 0 N–H and O–H groups in total. The first-order valence-electron chi connectivity index (χ1n) is 9.58. The number of esters is 1. The molecule has 0 atom stereocenters. The molecule has 31 heavy (non-hydrogen) atoms. The average molecular weight is 414 g/mol. The Morgan fingerprint density at radius 3 is 2.06 bits per heavy atom. The third kappa shape index (κ3) is 6.18. The molecule has 0 aliphatic rings. The molecule has 5 nitrogen and oxygen atoms in total. The molecule has 0 spiro atoms. The van der Waals surface area contributed by atoms with Gasteiger partial charge in [-0.25, -0.2) is 4.79 Å². The van der Waals surface area contributed by atoms with Crippen LogP contribution in [0.3, 0.4) is 0 Å². The number of carbonyl (C=O) groups excluding carboxylic acids is 2. The number of ketones is 1. The average Bonchev–Trinajstić information content (AvgIpc) is 2.82. The van der Waals surface area contributed by atoms with Crippen molar-refractivity contribution in [1.29, 1.82) is 0 Å². The van der Waals surface area contributed by atoms with E-state index in [0.29, 0.717) is 22.8 Å². The molecular formula is C26H22O5. The molecule has 3 aromatic rings. The van der Waals surface area contributed by atoms with Gasteiger partial charge in [0.05, 0.1) is 14.2 Å². The Labute approximate surface area is 181 Å². The maximum absolute atomic E-state index is 12.4. The Balaban J connectivity index is 1.60. The highest BCUT2D eigenvalue weighted by Gasteiger charge is 2.06. The summed E-state index contributed by atoms with van der Waals surface area (Å²) in [6.45, 7) is 0. The van der Waals surface area contributed by atoms with Gasteiger partial charge in [0.15, 0.2) is 17.3 Å². The van der Waals surface area contributed by atoms with Crippen molar-refractivity contribution in [3.8, 4) is 17.2 Å². The Morgan fingerprint density at radius 2 is 1.39 bits per heavy atom. The first kappa shape index (κ1) is 21.6. The summed E-state index contributed by atoms with van der Waals surface area (Å²) in [6, 6.07) is 21.3. The van der Waals surface area contributed by atoms with Gasteiger partial charge in [0.25, 0.3) is 0 Å². The number of methoxy groups -OCH3 is 2. The number of hydrogen-bond donors (Lipinski definition) is 0. The second kappa shape index (κ2) is 10.6. The maximum Gasteiger partial charge on any atom is 0.336 e. The molecule has 0 amide bonds. The van der Waals surface area contributed by atoms with Crippen LogP contribution in [-0.4, -0.2) is 26.0 Å². The van der Waals surface area contributed by atoms with E-state index in [2.05, 4.69) is 0 Å². The zero-order chi connectivity index (χ0) is 22.1. The molecule has 0 bridgehead atoms. The van der Waals surface area contributed by atoms with Gasteiger partial charge in [0.1, 0.15) is 5.75 Å². The van der Waals surface area contributed by atoms with Crippen LogP contribution in [0.25, 0.3) is 12.2 Å². The van der Waals surface area contributed by atoms with Crippen LogP contribution in [0, 0.1) is 0 Å². The monoisotopic (exact) mass is 414 g/mol. The normalized spacial score (nSPS) is 10.9. The van der Waals surface area contributed by atoms with Crippen LogP contribution in [0.1, 0.15) is 21.5 Å². The van der Waals surface area contributed by atoms with Crippen molar-refractivity contribution in [2.45, 2.75) is 0 Å². The summed E-state index contributed by atoms with van der Waals surface area (Å²) in [5.74, 6) is 0.912. The van der Waals surface area contributed by atoms with Crippen molar-refractivity contribution in [1.82, 2.24) is 0 Å². The molecule has 5 heteroatoms. The van der Waals surface area contributed by atoms with Gasteiger partial charge in [-0.15, -0.1) is 0 Å². The fraction of sp³-hybridized carbons (Fsp3) is 0.0769. The smallest absolute Gasteiger partial charge is 0.336 e. The highest BCUT2D eigenvalue weighted by atomic mass is 16.5. The predicted octanol–water partition coefficient (Wildman–Crippen LogP) is 5.22. The summed E-state index contributed by atoms with van der Waals surface area (Å²) in [6.07, 6.45) is 6.22. The second-order valence-corrected chi connectivity index (χ2v) is 6.50. The Kier molecular flexibility index (Phi) is 7.38. The van der Waals surface area contributed by atoms with Crippen LogP contribution in [0.4, 0.5) is 0 Å². The first-order chi connectivity index (χ1) is 15.1. The lowest BCUT2D eigenvalue weighted by atomic mass is 10.1. The van der Waals surface area contributed by atoms with E-state index in [4.69, 9.17) is 14.2 Å². The van der Waals surface area contributed by atoms with Crippen LogP contribution in [0.5, 0.6) is 17.2 Å². The Hall–Kier alpha value is -4.12. The molecule has 0 heterocycles. The van der Waals surface area contributed by atoms with Crippen LogP contribution in [0.2, 0.25) is 0 Å². The molecule has 3 aromatic carbocycles. The third-order valence-corrected chi connectivity index (χ3v) is 4.40. The zero-order valence-corrected chi connectivity index (χ0v) is 17.3. The van der Waals surface area contributed by atoms with Gasteiger partial charge in [-0.2, -0.15) is 0 Å². The third-order valence-electron chi connectivity index (χ3n) is 4.40. The van der Waals surface area contributed by atoms with Crippen molar-refractivity contribution in [3.05, 3.63) is 102 Å². The van der Waals surface area contributed by atoms with Gasteiger partial charge in [-0.3, -0.25) is 4.79 Å². The number of rotatable bonds is 8. The van der Waals surface area contributed by atoms with E-state index in [1.807, 2.05) is 36.4 Å². The molecule has 0 unspecified atom stereocenters. The largest absolute Gasteiger partial charge is 0.493 e. The molecule has 0 aliphatic heterocycles. The SMILES string of the molecule is COc1ccc(C=CC(=O)c2ccc(OC(=O)C=Cc3ccccc3)cc2)cc1OC. The van der Waals surface area contributed by atoms with Gasteiger partial charge in [0.2, 0.25) is 0 Å². The number of benzene rings is 3. The molecule has 0 fully saturated rings. The van der Waals surface area contributed by atoms with Crippen molar-refractivity contribution >= 4 is 23.9 Å². The highest BCUT2D eigenvalue weighted by Crippen LogP contribution is 2.28. The summed E-state index contributed by atoms with van der Waals surface area (Å²) in [5, 5.41) is 0. The summed E-state index contributed by atoms with van der Waals surface area (Å²) < 4.78 is 15.7. The van der Waals surface area contributed by atoms with Gasteiger partial charge in [-0.05, 0) is 59.7 Å². The lowest BCUT2D eigenvalue weighted by Gasteiger charge is -2.07. The standard InChI is InChI=1S/C26H22O5/c1-29-24-16-9-20(18-25(24)30-2)8-15-23(27)21-11-13-22(14-12-21)31-26(28)17-10-19-6-4-3-5-7-19/h3-18H,1-2H3. The molecular weight excluding hydrogens is 392 g/mol. The van der Waals surface area contributed by atoms with Crippen LogP contribution in [-0.2, 0) is 4.79 Å². The van der Waals surface area contributed by atoms with Crippen molar-refractivity contribution in [2.75, 3.05) is 14.2 Å². The number of allylic oxidation sites excluding steroid dienone is 1. The molecule has 156 valence electrons. The summed E-state index contributed by atoms with van der Waals surface area (Å²) in [7, 11) is 3.12. The Bertz CT molecular complexity index is 1100. The topological polar surface area (TPSA) is 61.8 Å². The lowest BCUT2D eigenvalue weighted by Crippen LogP contribution is -2.04. The van der Waals surface area contributed by atoms with E-state index in [1.165, 1.54) is 12.2 Å². The Morgan fingerprint density at radius 1 is 0.710 bits per heavy atom. The zero-order valence-electron chi connectivity index (χ0n) is 17.3. The molecule has 0 aromatic heterocycles. The summed E-state index contributed by atoms with van der Waals surface area (Å²) in [5.41, 5.74) is 2.19. The fourth-order valence-corrected chi connectivity index (χ4v) is 2.79. The predicted molar refractivity (Wildman–Crippen MR) is 120 cm³/mol. The van der Waals surface area contributed by atoms with Crippen molar-refractivity contribution < 1.29 is 23.8 Å². The first-order valence-corrected chi connectivity index (χ1v) is 9.58. The van der Waals surface area contributed by atoms with E-state index in [9.17, 15) is 9.59 Å². The van der Waals surface area contributed by atoms with E-state index < -0.39 is 5.97 Å². The van der Waals surface area contributed by atoms with Gasteiger partial charge in [0, 0.05) is 11.6 Å². The van der Waals surface area contributed by atoms with Crippen LogP contribution < -0.4 is 14.2 Å². The highest BCUT2D eigenvalue weighted by molar-refractivity contribution is 6.06. The number of hydrogen-bond acceptors (Lipinski definition) is 5. The van der Waals surface area contributed by atoms with Crippen molar-refractivity contribution in [2.24, 2.45) is 0 Å². The molecule has 0 saturated heterocycles. The van der Waals surface area contributed by atoms with E-state index >= 15 is 0 Å². The molecule has 0 aliphatic carbocycles. The van der Waals surface area contributed by atoms with Crippen LogP contribution in [0.15, 0.2) is 84.9 Å². The second-order valence-electron chi connectivity index (χ2n) is 6.50. The van der Waals surface area contributed by atoms with E-state index in [-0.39, 0.29) is 5.78 Å². The minimum Gasteiger partial charge on any atom is -0.493 e. The number of ether oxygens (including phenoxy) is 3.